The molecule has 0 aromatic carbocycles. The molecule has 6 heteroatoms. The zero-order chi connectivity index (χ0) is 12.1. The van der Waals surface area contributed by atoms with Gasteiger partial charge in [0.15, 0.2) is 0 Å². The third-order valence-electron chi connectivity index (χ3n) is 2.39. The maximum absolute atomic E-state index is 5.38. The summed E-state index contributed by atoms with van der Waals surface area (Å²) in [7, 11) is 0. The highest BCUT2D eigenvalue weighted by Crippen LogP contribution is 2.14. The number of hydrogen-bond acceptors (Lipinski definition) is 6. The molecule has 1 aromatic rings. The molecule has 0 bridgehead atoms. The topological polar surface area (TPSA) is 59.5 Å². The number of nitrogens with one attached hydrogen (secondary N) is 1. The van der Waals surface area contributed by atoms with E-state index in [9.17, 15) is 0 Å². The Balaban J connectivity index is 2.03. The first kappa shape index (κ1) is 12.1. The van der Waals surface area contributed by atoms with Crippen LogP contribution >= 0.6 is 0 Å². The summed E-state index contributed by atoms with van der Waals surface area (Å²) in [6.07, 6.45) is 0. The number of anilines is 1. The summed E-state index contributed by atoms with van der Waals surface area (Å²) in [5, 5.41) is 2.08. The zero-order valence-electron chi connectivity index (χ0n) is 10.3. The van der Waals surface area contributed by atoms with Crippen molar-refractivity contribution in [1.29, 1.82) is 0 Å². The van der Waals surface area contributed by atoms with Gasteiger partial charge in [0, 0.05) is 19.2 Å². The summed E-state index contributed by atoms with van der Waals surface area (Å²) in [5.74, 6) is 2.07. The van der Waals surface area contributed by atoms with E-state index in [1.165, 1.54) is 0 Å². The fraction of sp³-hybridized carbons (Fsp3) is 0.636. The number of ether oxygens (including phenoxy) is 2. The Kier molecular flexibility index (Phi) is 4.11. The molecule has 1 aromatic heterocycles. The summed E-state index contributed by atoms with van der Waals surface area (Å²) >= 11 is 0. The molecule has 0 saturated carbocycles. The Morgan fingerprint density at radius 3 is 2.88 bits per heavy atom. The van der Waals surface area contributed by atoms with Gasteiger partial charge in [0.2, 0.25) is 5.88 Å². The predicted molar refractivity (Wildman–Crippen MR) is 64.0 cm³/mol. The molecule has 0 atom stereocenters. The SMILES string of the molecule is CCOc1cc(NN2CCOCC2)nc(C)n1. The number of hydrazine groups is 1. The minimum Gasteiger partial charge on any atom is -0.478 e. The van der Waals surface area contributed by atoms with Gasteiger partial charge in [-0.15, -0.1) is 0 Å². The van der Waals surface area contributed by atoms with Crippen molar-refractivity contribution < 1.29 is 9.47 Å². The summed E-state index contributed by atoms with van der Waals surface area (Å²) in [6.45, 7) is 7.60. The number of rotatable bonds is 4. The second-order valence-corrected chi connectivity index (χ2v) is 3.78. The third-order valence-corrected chi connectivity index (χ3v) is 2.39. The molecule has 0 spiro atoms. The number of hydrogen-bond donors (Lipinski definition) is 1. The van der Waals surface area contributed by atoms with E-state index in [1.54, 1.807) is 0 Å². The van der Waals surface area contributed by atoms with Gasteiger partial charge in [-0.3, -0.25) is 0 Å². The van der Waals surface area contributed by atoms with E-state index >= 15 is 0 Å². The number of aryl methyl sites for hydroxylation is 1. The van der Waals surface area contributed by atoms with E-state index in [1.807, 2.05) is 19.9 Å². The van der Waals surface area contributed by atoms with Crippen LogP contribution in [0.2, 0.25) is 0 Å². The first-order valence-corrected chi connectivity index (χ1v) is 5.86. The lowest BCUT2D eigenvalue weighted by atomic mass is 10.5. The van der Waals surface area contributed by atoms with Crippen molar-refractivity contribution >= 4 is 5.82 Å². The van der Waals surface area contributed by atoms with Gasteiger partial charge < -0.3 is 14.9 Å². The molecular weight excluding hydrogens is 220 g/mol. The normalized spacial score (nSPS) is 16.8. The van der Waals surface area contributed by atoms with Crippen LogP contribution in [0.25, 0.3) is 0 Å². The first-order chi connectivity index (χ1) is 8.28. The van der Waals surface area contributed by atoms with Crippen LogP contribution in [0.15, 0.2) is 6.07 Å². The van der Waals surface area contributed by atoms with Crippen molar-refractivity contribution in [2.45, 2.75) is 13.8 Å². The molecule has 0 radical (unpaired) electrons. The molecule has 6 nitrogen and oxygen atoms in total. The van der Waals surface area contributed by atoms with Gasteiger partial charge in [0.05, 0.1) is 19.8 Å². The molecule has 1 aliphatic rings. The van der Waals surface area contributed by atoms with Crippen LogP contribution < -0.4 is 10.2 Å². The Hall–Kier alpha value is -1.40. The quantitative estimate of drug-likeness (QED) is 0.839. The van der Waals surface area contributed by atoms with Crippen LogP contribution in [-0.2, 0) is 4.74 Å². The van der Waals surface area contributed by atoms with E-state index in [-0.39, 0.29) is 0 Å². The minimum atomic E-state index is 0.605. The van der Waals surface area contributed by atoms with E-state index < -0.39 is 0 Å². The van der Waals surface area contributed by atoms with Crippen LogP contribution in [0.3, 0.4) is 0 Å². The average Bonchev–Trinajstić information content (AvgIpc) is 2.30. The molecule has 2 rings (SSSR count). The van der Waals surface area contributed by atoms with Crippen LogP contribution in [0.4, 0.5) is 5.82 Å². The molecule has 17 heavy (non-hydrogen) atoms. The summed E-state index contributed by atoms with van der Waals surface area (Å²) in [5.41, 5.74) is 3.24. The summed E-state index contributed by atoms with van der Waals surface area (Å²) in [4.78, 5) is 8.53. The molecule has 94 valence electrons. The number of aromatic nitrogens is 2. The molecule has 0 unspecified atom stereocenters. The molecular formula is C11H18N4O2. The van der Waals surface area contributed by atoms with Crippen molar-refractivity contribution in [2.24, 2.45) is 0 Å². The Morgan fingerprint density at radius 1 is 1.41 bits per heavy atom. The molecule has 0 amide bonds. The first-order valence-electron chi connectivity index (χ1n) is 5.86. The summed E-state index contributed by atoms with van der Waals surface area (Å²) < 4.78 is 10.7. The lowest BCUT2D eigenvalue weighted by Crippen LogP contribution is -2.40. The monoisotopic (exact) mass is 238 g/mol. The van der Waals surface area contributed by atoms with E-state index in [0.29, 0.717) is 18.3 Å². The van der Waals surface area contributed by atoms with Gasteiger partial charge in [-0.2, -0.15) is 4.98 Å². The second kappa shape index (κ2) is 5.79. The standard InChI is InChI=1S/C11H18N4O2/c1-3-17-11-8-10(12-9(2)13-11)14-15-4-6-16-7-5-15/h8H,3-7H2,1-2H3,(H,12,13,14). The van der Waals surface area contributed by atoms with Gasteiger partial charge in [-0.05, 0) is 13.8 Å². The highest BCUT2D eigenvalue weighted by Gasteiger charge is 2.11. The maximum Gasteiger partial charge on any atom is 0.218 e. The molecule has 1 saturated heterocycles. The average molecular weight is 238 g/mol. The zero-order valence-corrected chi connectivity index (χ0v) is 10.3. The Morgan fingerprint density at radius 2 is 2.18 bits per heavy atom. The van der Waals surface area contributed by atoms with Crippen LogP contribution in [-0.4, -0.2) is 47.9 Å². The predicted octanol–water partition coefficient (Wildman–Crippen LogP) is 0.843. The lowest BCUT2D eigenvalue weighted by molar-refractivity contribution is 0.0494. The molecule has 2 heterocycles. The van der Waals surface area contributed by atoms with Crippen LogP contribution in [0, 0.1) is 6.92 Å². The highest BCUT2D eigenvalue weighted by atomic mass is 16.5. The fourth-order valence-corrected chi connectivity index (χ4v) is 1.66. The van der Waals surface area contributed by atoms with E-state index in [0.717, 1.165) is 32.1 Å². The minimum absolute atomic E-state index is 0.605. The highest BCUT2D eigenvalue weighted by molar-refractivity contribution is 5.37. The largest absolute Gasteiger partial charge is 0.478 e. The van der Waals surface area contributed by atoms with Gasteiger partial charge in [0.1, 0.15) is 11.6 Å². The summed E-state index contributed by atoms with van der Waals surface area (Å²) in [6, 6.07) is 1.81. The molecule has 1 aliphatic heterocycles. The van der Waals surface area contributed by atoms with Gasteiger partial charge in [0.25, 0.3) is 0 Å². The Labute approximate surface area is 101 Å². The lowest BCUT2D eigenvalue weighted by Gasteiger charge is -2.27. The van der Waals surface area contributed by atoms with E-state index in [2.05, 4.69) is 20.4 Å². The third kappa shape index (κ3) is 3.54. The number of nitrogens with zero attached hydrogens (tertiary/aromatic N) is 3. The van der Waals surface area contributed by atoms with E-state index in [4.69, 9.17) is 9.47 Å². The Bertz CT molecular complexity index is 366. The molecule has 0 aliphatic carbocycles. The van der Waals surface area contributed by atoms with Crippen molar-refractivity contribution in [1.82, 2.24) is 15.0 Å². The van der Waals surface area contributed by atoms with Crippen molar-refractivity contribution in [3.63, 3.8) is 0 Å². The molecule has 1 N–H and O–H groups in total. The van der Waals surface area contributed by atoms with Crippen molar-refractivity contribution in [2.75, 3.05) is 38.3 Å². The van der Waals surface area contributed by atoms with Gasteiger partial charge in [-0.25, -0.2) is 9.99 Å². The fourth-order valence-electron chi connectivity index (χ4n) is 1.66. The van der Waals surface area contributed by atoms with Gasteiger partial charge >= 0.3 is 0 Å². The number of morpholine rings is 1. The molecule has 1 fully saturated rings. The van der Waals surface area contributed by atoms with Crippen LogP contribution in [0.5, 0.6) is 5.88 Å². The van der Waals surface area contributed by atoms with Crippen molar-refractivity contribution in [3.05, 3.63) is 11.9 Å². The van der Waals surface area contributed by atoms with Gasteiger partial charge in [-0.1, -0.05) is 0 Å². The van der Waals surface area contributed by atoms with Crippen molar-refractivity contribution in [3.8, 4) is 5.88 Å². The maximum atomic E-state index is 5.38. The smallest absolute Gasteiger partial charge is 0.218 e. The second-order valence-electron chi connectivity index (χ2n) is 3.78. The van der Waals surface area contributed by atoms with Crippen LogP contribution in [0.1, 0.15) is 12.7 Å².